The molecule has 0 saturated heterocycles. The number of carbonyl (C=O) groups excluding carboxylic acids is 1. The van der Waals surface area contributed by atoms with Gasteiger partial charge in [0.1, 0.15) is 5.82 Å². The van der Waals surface area contributed by atoms with Gasteiger partial charge in [-0.25, -0.2) is 4.98 Å². The Morgan fingerprint density at radius 1 is 1.05 bits per heavy atom. The first-order valence-electron chi connectivity index (χ1n) is 12.1. The number of aliphatic hydroxyl groups excluding tert-OH is 1. The van der Waals surface area contributed by atoms with E-state index in [1.807, 2.05) is 95.5 Å². The van der Waals surface area contributed by atoms with Crippen LogP contribution in [-0.2, 0) is 6.54 Å². The van der Waals surface area contributed by atoms with Gasteiger partial charge in [0.2, 0.25) is 5.88 Å². The highest BCUT2D eigenvalue weighted by Crippen LogP contribution is 2.29. The first kappa shape index (κ1) is 24.1. The Morgan fingerprint density at radius 2 is 1.81 bits per heavy atom. The molecule has 0 saturated carbocycles. The number of rotatable bonds is 9. The summed E-state index contributed by atoms with van der Waals surface area (Å²) in [6.45, 7) is 2.38. The first-order valence-corrected chi connectivity index (χ1v) is 12.1. The maximum Gasteiger partial charge on any atom is 0.253 e. The van der Waals surface area contributed by atoms with E-state index in [9.17, 15) is 9.90 Å². The molecule has 1 atom stereocenters. The van der Waals surface area contributed by atoms with Gasteiger partial charge in [-0.1, -0.05) is 60.7 Å². The molecule has 7 heteroatoms. The van der Waals surface area contributed by atoms with Crippen LogP contribution in [0.1, 0.15) is 33.1 Å². The van der Waals surface area contributed by atoms with Crippen LogP contribution in [0.25, 0.3) is 5.69 Å². The molecular weight excluding hydrogens is 464 g/mol. The van der Waals surface area contributed by atoms with Crippen LogP contribution in [0.2, 0.25) is 0 Å². The zero-order valence-corrected chi connectivity index (χ0v) is 20.5. The summed E-state index contributed by atoms with van der Waals surface area (Å²) in [5.41, 5.74) is 4.33. The number of hydrogen-bond donors (Lipinski definition) is 2. The van der Waals surface area contributed by atoms with Crippen LogP contribution < -0.4 is 10.2 Å². The Morgan fingerprint density at radius 3 is 2.51 bits per heavy atom. The van der Waals surface area contributed by atoms with Crippen molar-refractivity contribution in [3.8, 4) is 5.69 Å². The molecule has 0 spiro atoms. The van der Waals surface area contributed by atoms with E-state index in [-0.39, 0.29) is 12.5 Å². The zero-order valence-electron chi connectivity index (χ0n) is 20.5. The number of aliphatic hydroxyl groups is 1. The normalized spacial score (nSPS) is 11.7. The predicted octanol–water partition coefficient (Wildman–Crippen LogP) is 5.58. The van der Waals surface area contributed by atoms with Crippen molar-refractivity contribution in [1.82, 2.24) is 14.9 Å². The lowest BCUT2D eigenvalue weighted by molar-refractivity contribution is 0.0916. The molecule has 5 rings (SSSR count). The number of carbonyl (C=O) groups is 1. The summed E-state index contributed by atoms with van der Waals surface area (Å²) in [4.78, 5) is 19.7. The first-order chi connectivity index (χ1) is 18.1. The number of nitrogens with zero attached hydrogens (tertiary/aromatic N) is 3. The lowest BCUT2D eigenvalue weighted by Gasteiger charge is -2.22. The maximum atomic E-state index is 13.0. The summed E-state index contributed by atoms with van der Waals surface area (Å²) in [7, 11) is 0. The van der Waals surface area contributed by atoms with Gasteiger partial charge in [-0.05, 0) is 35.7 Å². The number of anilines is 2. The van der Waals surface area contributed by atoms with E-state index in [1.54, 1.807) is 18.5 Å². The van der Waals surface area contributed by atoms with Crippen molar-refractivity contribution < 1.29 is 14.3 Å². The molecule has 186 valence electrons. The van der Waals surface area contributed by atoms with Gasteiger partial charge < -0.3 is 19.4 Å². The highest BCUT2D eigenvalue weighted by Gasteiger charge is 2.18. The lowest BCUT2D eigenvalue weighted by atomic mass is 10.1. The Bertz CT molecular complexity index is 1450. The highest BCUT2D eigenvalue weighted by molar-refractivity contribution is 5.94. The number of aromatic nitrogens is 2. The Balaban J connectivity index is 1.41. The van der Waals surface area contributed by atoms with Gasteiger partial charge in [-0.2, -0.15) is 0 Å². The third-order valence-electron chi connectivity index (χ3n) is 6.22. The second-order valence-corrected chi connectivity index (χ2v) is 8.78. The van der Waals surface area contributed by atoms with E-state index in [0.29, 0.717) is 18.0 Å². The van der Waals surface area contributed by atoms with Crippen LogP contribution in [0, 0.1) is 6.92 Å². The number of pyridine rings is 1. The summed E-state index contributed by atoms with van der Waals surface area (Å²) in [6, 6.07) is 26.6. The molecule has 1 amide bonds. The largest absolute Gasteiger partial charge is 0.448 e. The van der Waals surface area contributed by atoms with E-state index in [1.165, 1.54) is 0 Å². The van der Waals surface area contributed by atoms with E-state index in [0.717, 1.165) is 28.2 Å². The van der Waals surface area contributed by atoms with Crippen molar-refractivity contribution in [3.05, 3.63) is 132 Å². The van der Waals surface area contributed by atoms with Crippen molar-refractivity contribution in [2.45, 2.75) is 19.5 Å². The van der Waals surface area contributed by atoms with Gasteiger partial charge in [0, 0.05) is 30.7 Å². The molecule has 3 heterocycles. The molecule has 5 aromatic rings. The fourth-order valence-electron chi connectivity index (χ4n) is 4.23. The minimum atomic E-state index is -0.480. The van der Waals surface area contributed by atoms with Crippen LogP contribution >= 0.6 is 0 Å². The van der Waals surface area contributed by atoms with E-state index in [4.69, 9.17) is 4.42 Å². The number of amides is 1. The van der Waals surface area contributed by atoms with Gasteiger partial charge >= 0.3 is 0 Å². The molecule has 3 aromatic heterocycles. The molecule has 7 nitrogen and oxygen atoms in total. The van der Waals surface area contributed by atoms with Gasteiger partial charge in [0.15, 0.2) is 0 Å². The van der Waals surface area contributed by atoms with Crippen molar-refractivity contribution in [3.63, 3.8) is 0 Å². The molecule has 0 aliphatic carbocycles. The van der Waals surface area contributed by atoms with Crippen LogP contribution in [0.3, 0.4) is 0 Å². The summed E-state index contributed by atoms with van der Waals surface area (Å²) in [5.74, 6) is 1.16. The predicted molar refractivity (Wildman–Crippen MR) is 143 cm³/mol. The Kier molecular flexibility index (Phi) is 7.14. The standard InChI is InChI=1S/C30H28N4O3/c1-22-18-31-28(34(29-13-8-16-37-29)19-23-9-4-2-5-10-23)17-27(22)33-15-14-25(20-33)30(36)32-26(21-35)24-11-6-3-7-12-24/h2-18,20,26,35H,19,21H2,1H3,(H,32,36). The second-order valence-electron chi connectivity index (χ2n) is 8.78. The average Bonchev–Trinajstić information content (AvgIpc) is 3.65. The molecule has 0 radical (unpaired) electrons. The smallest absolute Gasteiger partial charge is 0.253 e. The van der Waals surface area contributed by atoms with E-state index < -0.39 is 6.04 Å². The quantitative estimate of drug-likeness (QED) is 0.281. The summed E-state index contributed by atoms with van der Waals surface area (Å²) in [6.07, 6.45) is 7.11. The molecule has 2 aromatic carbocycles. The highest BCUT2D eigenvalue weighted by atomic mass is 16.3. The molecule has 1 unspecified atom stereocenters. The fourth-order valence-corrected chi connectivity index (χ4v) is 4.23. The maximum absolute atomic E-state index is 13.0. The SMILES string of the molecule is Cc1cnc(N(Cc2ccccc2)c2ccco2)cc1-n1ccc(C(=O)NC(CO)c2ccccc2)c1. The fraction of sp³-hybridized carbons (Fsp3) is 0.133. The molecule has 0 aliphatic heterocycles. The number of nitrogens with one attached hydrogen (secondary N) is 1. The van der Waals surface area contributed by atoms with Crippen molar-refractivity contribution in [1.29, 1.82) is 0 Å². The minimum absolute atomic E-state index is 0.187. The van der Waals surface area contributed by atoms with E-state index in [2.05, 4.69) is 22.4 Å². The molecule has 0 bridgehead atoms. The molecule has 0 fully saturated rings. The van der Waals surface area contributed by atoms with Crippen LogP contribution in [0.15, 0.2) is 114 Å². The van der Waals surface area contributed by atoms with Crippen molar-refractivity contribution in [2.24, 2.45) is 0 Å². The van der Waals surface area contributed by atoms with Crippen LogP contribution in [-0.4, -0.2) is 27.2 Å². The lowest BCUT2D eigenvalue weighted by Crippen LogP contribution is -2.30. The van der Waals surface area contributed by atoms with Crippen LogP contribution in [0.4, 0.5) is 11.7 Å². The molecule has 37 heavy (non-hydrogen) atoms. The molecule has 2 N–H and O–H groups in total. The molecule has 0 aliphatic rings. The van der Waals surface area contributed by atoms with E-state index >= 15 is 0 Å². The van der Waals surface area contributed by atoms with Crippen LogP contribution in [0.5, 0.6) is 0 Å². The zero-order chi connectivity index (χ0) is 25.6. The molecular formula is C30H28N4O3. The Hall–Kier alpha value is -4.62. The monoisotopic (exact) mass is 492 g/mol. The third-order valence-corrected chi connectivity index (χ3v) is 6.22. The summed E-state index contributed by atoms with van der Waals surface area (Å²) < 4.78 is 7.63. The third kappa shape index (κ3) is 5.47. The number of furan rings is 1. The average molecular weight is 493 g/mol. The van der Waals surface area contributed by atoms with Crippen molar-refractivity contribution in [2.75, 3.05) is 11.5 Å². The Labute approximate surface area is 215 Å². The summed E-state index contributed by atoms with van der Waals surface area (Å²) >= 11 is 0. The topological polar surface area (TPSA) is 83.5 Å². The van der Waals surface area contributed by atoms with Crippen molar-refractivity contribution >= 4 is 17.6 Å². The minimum Gasteiger partial charge on any atom is -0.448 e. The van der Waals surface area contributed by atoms with Gasteiger partial charge in [0.25, 0.3) is 5.91 Å². The number of hydrogen-bond acceptors (Lipinski definition) is 5. The van der Waals surface area contributed by atoms with Gasteiger partial charge in [-0.3, -0.25) is 9.69 Å². The summed E-state index contributed by atoms with van der Waals surface area (Å²) in [5, 5.41) is 12.7. The van der Waals surface area contributed by atoms with Gasteiger partial charge in [0.05, 0.1) is 36.7 Å². The number of aryl methyl sites for hydroxylation is 1. The second kappa shape index (κ2) is 11.0. The number of benzene rings is 2. The van der Waals surface area contributed by atoms with Gasteiger partial charge in [-0.15, -0.1) is 0 Å².